The van der Waals surface area contributed by atoms with Crippen LogP contribution in [0.1, 0.15) is 40.6 Å². The molecule has 1 aliphatic carbocycles. The third-order valence-corrected chi connectivity index (χ3v) is 11.0. The summed E-state index contributed by atoms with van der Waals surface area (Å²) in [5, 5.41) is 0. The van der Waals surface area contributed by atoms with Crippen LogP contribution in [0, 0.1) is 0 Å². The van der Waals surface area contributed by atoms with Crippen LogP contribution >= 0.6 is 0 Å². The quantitative estimate of drug-likeness (QED) is 0.303. The lowest BCUT2D eigenvalue weighted by atomic mass is 9.90. The molecule has 1 atom stereocenters. The Morgan fingerprint density at radius 3 is 1.82 bits per heavy atom. The minimum absolute atomic E-state index is 0.0223. The highest BCUT2D eigenvalue weighted by molar-refractivity contribution is 7.86. The van der Waals surface area contributed by atoms with Crippen LogP contribution in [0.5, 0.6) is 0 Å². The average molecular weight is 538 g/mol. The fraction of sp³-hybridized carbons (Fsp3) is 0.242. The van der Waals surface area contributed by atoms with Crippen molar-refractivity contribution in [3.63, 3.8) is 0 Å². The summed E-state index contributed by atoms with van der Waals surface area (Å²) in [6, 6.07) is 36.6. The number of sulfonamides is 1. The highest BCUT2D eigenvalue weighted by Crippen LogP contribution is 2.45. The van der Waals surface area contributed by atoms with Crippen molar-refractivity contribution < 1.29 is 17.1 Å². The predicted octanol–water partition coefficient (Wildman–Crippen LogP) is 5.55. The molecule has 0 bridgehead atoms. The molecule has 0 saturated carbocycles. The average Bonchev–Trinajstić information content (AvgIpc) is 3.43. The van der Waals surface area contributed by atoms with E-state index >= 15 is 0 Å². The Bertz CT molecular complexity index is 1510. The molecule has 1 unspecified atom stereocenters. The van der Waals surface area contributed by atoms with Crippen LogP contribution in [0.2, 0.25) is 0 Å². The van der Waals surface area contributed by atoms with E-state index in [1.807, 2.05) is 83.8 Å². The lowest BCUT2D eigenvalue weighted by Crippen LogP contribution is -2.64. The summed E-state index contributed by atoms with van der Waals surface area (Å²) in [6.07, 6.45) is 1.66. The van der Waals surface area contributed by atoms with Crippen molar-refractivity contribution in [2.75, 3.05) is 26.2 Å². The number of rotatable bonds is 6. The van der Waals surface area contributed by atoms with Crippen LogP contribution in [-0.2, 0) is 21.2 Å². The van der Waals surface area contributed by atoms with E-state index in [0.29, 0.717) is 31.1 Å². The molecule has 6 heteroatoms. The molecular weight excluding hydrogens is 504 g/mol. The molecule has 5 nitrogen and oxygen atoms in total. The van der Waals surface area contributed by atoms with Gasteiger partial charge in [-0.15, -0.1) is 0 Å². The van der Waals surface area contributed by atoms with Crippen molar-refractivity contribution in [1.82, 2.24) is 4.90 Å². The van der Waals surface area contributed by atoms with Crippen molar-refractivity contribution in [2.45, 2.75) is 29.7 Å². The fourth-order valence-electron chi connectivity index (χ4n) is 6.52. The number of hydrogen-bond donors (Lipinski definition) is 0. The van der Waals surface area contributed by atoms with E-state index in [2.05, 4.69) is 12.1 Å². The number of fused-ring (bicyclic) bond motifs is 1. The molecule has 0 radical (unpaired) electrons. The third kappa shape index (κ3) is 4.48. The van der Waals surface area contributed by atoms with E-state index in [1.54, 1.807) is 24.3 Å². The zero-order valence-corrected chi connectivity index (χ0v) is 22.7. The first-order chi connectivity index (χ1) is 19.0. The van der Waals surface area contributed by atoms with Gasteiger partial charge < -0.3 is 4.90 Å². The Morgan fingerprint density at radius 1 is 0.718 bits per heavy atom. The number of carbonyl (C=O) groups is 1. The largest absolute Gasteiger partial charge is 0.330 e. The summed E-state index contributed by atoms with van der Waals surface area (Å²) in [5.41, 5.74) is 4.25. The second-order valence-corrected chi connectivity index (χ2v) is 12.7. The van der Waals surface area contributed by atoms with Crippen LogP contribution in [0.4, 0.5) is 0 Å². The molecule has 1 heterocycles. The molecule has 0 aromatic heterocycles. The minimum atomic E-state index is -3.72. The summed E-state index contributed by atoms with van der Waals surface area (Å²) < 4.78 is 28.8. The molecule has 1 fully saturated rings. The van der Waals surface area contributed by atoms with Gasteiger partial charge in [-0.05, 0) is 35.2 Å². The SMILES string of the molecule is O=C(C(c1ccccc1)c1ccccc1)N1CC[N+](C2CCc3ccccc32)(S(=O)(=O)c2ccccc2)CC1. The number of benzene rings is 4. The van der Waals surface area contributed by atoms with Gasteiger partial charge in [0, 0.05) is 12.0 Å². The van der Waals surface area contributed by atoms with Gasteiger partial charge in [-0.3, -0.25) is 4.79 Å². The predicted molar refractivity (Wildman–Crippen MR) is 152 cm³/mol. The first-order valence-corrected chi connectivity index (χ1v) is 15.1. The lowest BCUT2D eigenvalue weighted by molar-refractivity contribution is -0.844. The number of aryl methyl sites for hydroxylation is 1. The van der Waals surface area contributed by atoms with Gasteiger partial charge in [-0.2, -0.15) is 8.42 Å². The van der Waals surface area contributed by atoms with Crippen LogP contribution < -0.4 is 0 Å². The highest BCUT2D eigenvalue weighted by Gasteiger charge is 2.54. The summed E-state index contributed by atoms with van der Waals surface area (Å²) in [6.45, 7) is 1.50. The van der Waals surface area contributed by atoms with E-state index in [0.717, 1.165) is 29.5 Å². The topological polar surface area (TPSA) is 54.5 Å². The number of amides is 1. The molecule has 6 rings (SSSR count). The second kappa shape index (κ2) is 10.4. The molecule has 1 saturated heterocycles. The van der Waals surface area contributed by atoms with Gasteiger partial charge in [0.25, 0.3) is 0 Å². The summed E-state index contributed by atoms with van der Waals surface area (Å²) in [7, 11) is -3.72. The van der Waals surface area contributed by atoms with E-state index in [1.165, 1.54) is 5.56 Å². The molecule has 0 spiro atoms. The zero-order valence-electron chi connectivity index (χ0n) is 21.9. The fourth-order valence-corrected chi connectivity index (χ4v) is 8.64. The normalized spacial score (nSPS) is 18.6. The zero-order chi connectivity index (χ0) is 26.9. The second-order valence-electron chi connectivity index (χ2n) is 10.5. The van der Waals surface area contributed by atoms with Crippen molar-refractivity contribution in [1.29, 1.82) is 0 Å². The Labute approximate surface area is 231 Å². The van der Waals surface area contributed by atoms with E-state index in [9.17, 15) is 13.2 Å². The number of piperazine rings is 1. The maximum Gasteiger partial charge on any atom is 0.327 e. The number of hydrogen-bond acceptors (Lipinski definition) is 3. The Hall–Kier alpha value is -3.74. The first-order valence-electron chi connectivity index (χ1n) is 13.6. The molecule has 39 heavy (non-hydrogen) atoms. The molecule has 1 amide bonds. The minimum Gasteiger partial charge on any atom is -0.330 e. The smallest absolute Gasteiger partial charge is 0.327 e. The molecule has 4 aromatic rings. The first kappa shape index (κ1) is 25.5. The van der Waals surface area contributed by atoms with Gasteiger partial charge in [0.05, 0.1) is 19.0 Å². The van der Waals surface area contributed by atoms with E-state index in [-0.39, 0.29) is 15.8 Å². The van der Waals surface area contributed by atoms with Gasteiger partial charge in [0.2, 0.25) is 5.91 Å². The lowest BCUT2D eigenvalue weighted by Gasteiger charge is -2.47. The molecule has 4 aromatic carbocycles. The maximum absolute atomic E-state index is 14.4. The van der Waals surface area contributed by atoms with Crippen molar-refractivity contribution in [2.24, 2.45) is 0 Å². The van der Waals surface area contributed by atoms with E-state index < -0.39 is 15.9 Å². The van der Waals surface area contributed by atoms with Gasteiger partial charge in [0.15, 0.2) is 0 Å². The van der Waals surface area contributed by atoms with Gasteiger partial charge >= 0.3 is 10.0 Å². The van der Waals surface area contributed by atoms with Crippen LogP contribution in [0.15, 0.2) is 120 Å². The summed E-state index contributed by atoms with van der Waals surface area (Å²) in [5.74, 6) is -0.403. The standard InChI is InChI=1S/C33H33N2O3S/c36-33(32(27-13-4-1-5-14-27)28-15-6-2-7-16-28)34-22-24-35(25-23-34,39(37,38)29-17-8-3-9-18-29)31-21-20-26-12-10-11-19-30(26)31/h1-19,31-32H,20-25H2/q+1. The number of quaternary nitrogens is 1. The molecule has 0 N–H and O–H groups in total. The van der Waals surface area contributed by atoms with Crippen molar-refractivity contribution >= 4 is 15.9 Å². The summed E-state index contributed by atoms with van der Waals surface area (Å²) >= 11 is 0. The monoisotopic (exact) mass is 537 g/mol. The van der Waals surface area contributed by atoms with Crippen molar-refractivity contribution in [3.05, 3.63) is 138 Å². The van der Waals surface area contributed by atoms with Gasteiger partial charge in [-0.1, -0.05) is 103 Å². The third-order valence-electron chi connectivity index (χ3n) is 8.51. The molecule has 2 aliphatic rings. The molecule has 198 valence electrons. The van der Waals surface area contributed by atoms with Gasteiger partial charge in [0.1, 0.15) is 24.0 Å². The Balaban J connectivity index is 1.35. The maximum atomic E-state index is 14.4. The number of carbonyl (C=O) groups excluding carboxylic acids is 1. The Morgan fingerprint density at radius 2 is 1.23 bits per heavy atom. The number of nitrogens with zero attached hydrogens (tertiary/aromatic N) is 2. The highest BCUT2D eigenvalue weighted by atomic mass is 32.2. The van der Waals surface area contributed by atoms with Crippen molar-refractivity contribution in [3.8, 4) is 0 Å². The van der Waals surface area contributed by atoms with E-state index in [4.69, 9.17) is 0 Å². The van der Waals surface area contributed by atoms with Crippen LogP contribution in [-0.4, -0.2) is 49.3 Å². The van der Waals surface area contributed by atoms with Crippen LogP contribution in [0.25, 0.3) is 0 Å². The Kier molecular flexibility index (Phi) is 6.83. The molecule has 1 aliphatic heterocycles. The summed E-state index contributed by atoms with van der Waals surface area (Å²) in [4.78, 5) is 16.3. The molecular formula is C33H33N2O3S+. The van der Waals surface area contributed by atoms with Gasteiger partial charge in [-0.25, -0.2) is 3.89 Å². The van der Waals surface area contributed by atoms with Crippen LogP contribution in [0.3, 0.4) is 0 Å².